The molecular formula is C9H16O. The van der Waals surface area contributed by atoms with Crippen LogP contribution in [0.3, 0.4) is 0 Å². The van der Waals surface area contributed by atoms with Gasteiger partial charge in [0.25, 0.3) is 0 Å². The maximum atomic E-state index is 5.41. The minimum atomic E-state index is -0.0774. The molecule has 1 nitrogen and oxygen atoms in total. The summed E-state index contributed by atoms with van der Waals surface area (Å²) in [4.78, 5) is 0. The summed E-state index contributed by atoms with van der Waals surface area (Å²) < 4.78 is 5.41. The first-order valence-electron chi connectivity index (χ1n) is 3.40. The van der Waals surface area contributed by atoms with Gasteiger partial charge in [0.05, 0.1) is 12.2 Å². The van der Waals surface area contributed by atoms with Gasteiger partial charge >= 0.3 is 0 Å². The lowest BCUT2D eigenvalue weighted by Crippen LogP contribution is -2.19. The van der Waals surface area contributed by atoms with E-state index in [-0.39, 0.29) is 5.60 Å². The smallest absolute Gasteiger partial charge is 0.0718 e. The van der Waals surface area contributed by atoms with Gasteiger partial charge in [-0.15, -0.1) is 0 Å². The van der Waals surface area contributed by atoms with E-state index in [1.165, 1.54) is 0 Å². The maximum Gasteiger partial charge on any atom is 0.0718 e. The molecule has 0 aliphatic carbocycles. The molecule has 0 atom stereocenters. The van der Waals surface area contributed by atoms with Gasteiger partial charge in [0, 0.05) is 0 Å². The largest absolute Gasteiger partial charge is 0.371 e. The third-order valence-electron chi connectivity index (χ3n) is 0.979. The highest BCUT2D eigenvalue weighted by atomic mass is 16.5. The predicted octanol–water partition coefficient (Wildman–Crippen LogP) is 2.54. The van der Waals surface area contributed by atoms with Crippen molar-refractivity contribution in [3.8, 4) is 0 Å². The third-order valence-corrected chi connectivity index (χ3v) is 0.979. The van der Waals surface area contributed by atoms with E-state index in [1.807, 2.05) is 20.8 Å². The monoisotopic (exact) mass is 140 g/mol. The molecule has 0 aromatic rings. The second kappa shape index (κ2) is 3.57. The molecule has 0 unspecified atom stereocenters. The standard InChI is InChI=1S/C9H16O/c1-6-8(2)7-10-9(3,4)5/h6H,1-2,7H2,3-5H3. The van der Waals surface area contributed by atoms with Crippen LogP contribution in [0.1, 0.15) is 20.8 Å². The van der Waals surface area contributed by atoms with E-state index in [0.29, 0.717) is 6.61 Å². The number of ether oxygens (including phenoxy) is 1. The molecular weight excluding hydrogens is 124 g/mol. The third kappa shape index (κ3) is 5.57. The minimum Gasteiger partial charge on any atom is -0.371 e. The Kier molecular flexibility index (Phi) is 3.37. The van der Waals surface area contributed by atoms with E-state index in [4.69, 9.17) is 4.74 Å². The number of hydrogen-bond acceptors (Lipinski definition) is 1. The Labute approximate surface area is 63.4 Å². The molecule has 0 amide bonds. The quantitative estimate of drug-likeness (QED) is 0.547. The van der Waals surface area contributed by atoms with Crippen molar-refractivity contribution in [1.29, 1.82) is 0 Å². The molecule has 58 valence electrons. The van der Waals surface area contributed by atoms with E-state index in [2.05, 4.69) is 13.2 Å². The van der Waals surface area contributed by atoms with Crippen LogP contribution in [0.25, 0.3) is 0 Å². The topological polar surface area (TPSA) is 9.23 Å². The molecule has 0 bridgehead atoms. The first-order valence-corrected chi connectivity index (χ1v) is 3.40. The van der Waals surface area contributed by atoms with Gasteiger partial charge in [-0.3, -0.25) is 0 Å². The van der Waals surface area contributed by atoms with Crippen LogP contribution < -0.4 is 0 Å². The second-order valence-corrected chi connectivity index (χ2v) is 3.26. The van der Waals surface area contributed by atoms with Crippen LogP contribution in [0.4, 0.5) is 0 Å². The van der Waals surface area contributed by atoms with E-state index in [0.717, 1.165) is 5.57 Å². The normalized spacial score (nSPS) is 11.1. The average Bonchev–Trinajstić information content (AvgIpc) is 1.81. The lowest BCUT2D eigenvalue weighted by Gasteiger charge is -2.19. The van der Waals surface area contributed by atoms with Gasteiger partial charge in [0.1, 0.15) is 0 Å². The summed E-state index contributed by atoms with van der Waals surface area (Å²) >= 11 is 0. The SMILES string of the molecule is C=CC(=C)COC(C)(C)C. The number of hydrogen-bond donors (Lipinski definition) is 0. The van der Waals surface area contributed by atoms with Crippen molar-refractivity contribution in [2.24, 2.45) is 0 Å². The fraction of sp³-hybridized carbons (Fsp3) is 0.556. The Morgan fingerprint density at radius 1 is 1.50 bits per heavy atom. The van der Waals surface area contributed by atoms with E-state index in [1.54, 1.807) is 6.08 Å². The summed E-state index contributed by atoms with van der Waals surface area (Å²) in [5.74, 6) is 0. The highest BCUT2D eigenvalue weighted by molar-refractivity contribution is 5.11. The van der Waals surface area contributed by atoms with Crippen LogP contribution in [0.15, 0.2) is 24.8 Å². The highest BCUT2D eigenvalue weighted by Crippen LogP contribution is 2.08. The summed E-state index contributed by atoms with van der Waals surface area (Å²) in [7, 11) is 0. The first kappa shape index (κ1) is 9.44. The van der Waals surface area contributed by atoms with Gasteiger partial charge in [-0.05, 0) is 26.3 Å². The van der Waals surface area contributed by atoms with Crippen LogP contribution in [-0.2, 0) is 4.74 Å². The molecule has 0 aromatic heterocycles. The fourth-order valence-corrected chi connectivity index (χ4v) is 0.368. The van der Waals surface area contributed by atoms with E-state index in [9.17, 15) is 0 Å². The van der Waals surface area contributed by atoms with Gasteiger partial charge in [-0.25, -0.2) is 0 Å². The summed E-state index contributed by atoms with van der Waals surface area (Å²) in [6.07, 6.45) is 1.71. The van der Waals surface area contributed by atoms with Crippen molar-refractivity contribution in [3.05, 3.63) is 24.8 Å². The molecule has 0 heterocycles. The van der Waals surface area contributed by atoms with Crippen molar-refractivity contribution in [2.75, 3.05) is 6.61 Å². The summed E-state index contributed by atoms with van der Waals surface area (Å²) in [5.41, 5.74) is 0.848. The van der Waals surface area contributed by atoms with Gasteiger partial charge in [-0.2, -0.15) is 0 Å². The second-order valence-electron chi connectivity index (χ2n) is 3.26. The fourth-order valence-electron chi connectivity index (χ4n) is 0.368. The Morgan fingerprint density at radius 2 is 2.00 bits per heavy atom. The van der Waals surface area contributed by atoms with E-state index >= 15 is 0 Å². The molecule has 1 heteroatoms. The van der Waals surface area contributed by atoms with Crippen LogP contribution in [0.5, 0.6) is 0 Å². The molecule has 0 aliphatic heterocycles. The number of rotatable bonds is 3. The summed E-state index contributed by atoms with van der Waals surface area (Å²) in [5, 5.41) is 0. The van der Waals surface area contributed by atoms with Crippen molar-refractivity contribution >= 4 is 0 Å². The molecule has 0 aliphatic rings. The van der Waals surface area contributed by atoms with Crippen LogP contribution in [-0.4, -0.2) is 12.2 Å². The van der Waals surface area contributed by atoms with Crippen LogP contribution in [0, 0.1) is 0 Å². The lowest BCUT2D eigenvalue weighted by molar-refractivity contribution is 0.0124. The van der Waals surface area contributed by atoms with E-state index < -0.39 is 0 Å². The van der Waals surface area contributed by atoms with Gasteiger partial charge in [-0.1, -0.05) is 19.2 Å². The van der Waals surface area contributed by atoms with Gasteiger partial charge in [0.2, 0.25) is 0 Å². The molecule has 10 heavy (non-hydrogen) atoms. The Morgan fingerprint density at radius 3 is 2.30 bits per heavy atom. The molecule has 0 aromatic carbocycles. The zero-order valence-corrected chi connectivity index (χ0v) is 7.11. The summed E-state index contributed by atoms with van der Waals surface area (Å²) in [6, 6.07) is 0. The van der Waals surface area contributed by atoms with Crippen LogP contribution in [0.2, 0.25) is 0 Å². The van der Waals surface area contributed by atoms with Crippen LogP contribution >= 0.6 is 0 Å². The molecule has 0 spiro atoms. The van der Waals surface area contributed by atoms with Crippen molar-refractivity contribution in [2.45, 2.75) is 26.4 Å². The molecule has 0 saturated carbocycles. The summed E-state index contributed by atoms with van der Waals surface area (Å²) in [6.45, 7) is 13.9. The minimum absolute atomic E-state index is 0.0774. The molecule has 0 fully saturated rings. The molecule has 0 saturated heterocycles. The first-order chi connectivity index (χ1) is 4.45. The zero-order valence-electron chi connectivity index (χ0n) is 7.11. The predicted molar refractivity (Wildman–Crippen MR) is 45.0 cm³/mol. The molecule has 0 N–H and O–H groups in total. The average molecular weight is 140 g/mol. The Balaban J connectivity index is 3.55. The van der Waals surface area contributed by atoms with Gasteiger partial charge in [0.15, 0.2) is 0 Å². The maximum absolute atomic E-state index is 5.41. The Bertz CT molecular complexity index is 128. The zero-order chi connectivity index (χ0) is 8.20. The van der Waals surface area contributed by atoms with Crippen molar-refractivity contribution in [3.63, 3.8) is 0 Å². The molecule has 0 rings (SSSR count). The van der Waals surface area contributed by atoms with Gasteiger partial charge < -0.3 is 4.74 Å². The molecule has 0 radical (unpaired) electrons. The highest BCUT2D eigenvalue weighted by Gasteiger charge is 2.08. The Hall–Kier alpha value is -0.560. The lowest BCUT2D eigenvalue weighted by atomic mass is 10.2. The van der Waals surface area contributed by atoms with Crippen molar-refractivity contribution < 1.29 is 4.74 Å². The van der Waals surface area contributed by atoms with Crippen molar-refractivity contribution in [1.82, 2.24) is 0 Å².